The Morgan fingerprint density at radius 1 is 1.10 bits per heavy atom. The molecule has 1 aromatic carbocycles. The van der Waals surface area contributed by atoms with Gasteiger partial charge in [-0.05, 0) is 24.3 Å². The molecule has 0 heterocycles. The van der Waals surface area contributed by atoms with Gasteiger partial charge in [-0.1, -0.05) is 63.8 Å². The fourth-order valence-electron chi connectivity index (χ4n) is 2.79. The van der Waals surface area contributed by atoms with E-state index in [-0.39, 0.29) is 0 Å². The monoisotopic (exact) mass is 273 g/mol. The first-order valence-electron chi connectivity index (χ1n) is 7.85. The molecule has 2 rings (SSSR count). The maximum Gasteiger partial charge on any atom is 0.142 e. The van der Waals surface area contributed by atoms with Crippen LogP contribution >= 0.6 is 0 Å². The summed E-state index contributed by atoms with van der Waals surface area (Å²) in [5.41, 5.74) is 5.22. The van der Waals surface area contributed by atoms with Crippen LogP contribution in [0.1, 0.15) is 69.4 Å². The number of aliphatic imine (C=N–C) groups is 1. The molecule has 1 aliphatic rings. The van der Waals surface area contributed by atoms with Crippen molar-refractivity contribution in [2.45, 2.75) is 64.3 Å². The number of rotatable bonds is 3. The van der Waals surface area contributed by atoms with Crippen LogP contribution in [0.25, 0.3) is 0 Å². The predicted molar refractivity (Wildman–Crippen MR) is 85.9 cm³/mol. The fourth-order valence-corrected chi connectivity index (χ4v) is 2.79. The predicted octanol–water partition coefficient (Wildman–Crippen LogP) is 3.74. The van der Waals surface area contributed by atoms with Crippen LogP contribution < -0.4 is 11.3 Å². The summed E-state index contributed by atoms with van der Waals surface area (Å²) in [7, 11) is 0. The Bertz CT molecular complexity index is 426. The summed E-state index contributed by atoms with van der Waals surface area (Å²) in [4.78, 5) is 4.84. The molecule has 0 amide bonds. The second-order valence-corrected chi connectivity index (χ2v) is 6.04. The highest BCUT2D eigenvalue weighted by Crippen LogP contribution is 2.21. The molecule has 1 saturated carbocycles. The summed E-state index contributed by atoms with van der Waals surface area (Å²) >= 11 is 0. The number of hydrazine groups is 1. The molecule has 3 N–H and O–H groups in total. The molecular formula is C17H27N3. The van der Waals surface area contributed by atoms with E-state index >= 15 is 0 Å². The molecule has 0 unspecified atom stereocenters. The van der Waals surface area contributed by atoms with Gasteiger partial charge in [0.05, 0.1) is 6.04 Å². The molecule has 3 heteroatoms. The molecule has 3 nitrogen and oxygen atoms in total. The first-order chi connectivity index (χ1) is 9.70. The van der Waals surface area contributed by atoms with Gasteiger partial charge in [-0.15, -0.1) is 0 Å². The first-order valence-corrected chi connectivity index (χ1v) is 7.85. The van der Waals surface area contributed by atoms with Crippen molar-refractivity contribution in [3.05, 3.63) is 35.4 Å². The number of nitrogens with one attached hydrogen (secondary N) is 1. The van der Waals surface area contributed by atoms with E-state index in [4.69, 9.17) is 10.8 Å². The van der Waals surface area contributed by atoms with E-state index in [2.05, 4.69) is 43.5 Å². The van der Waals surface area contributed by atoms with Gasteiger partial charge in [-0.2, -0.15) is 0 Å². The Hall–Kier alpha value is -1.35. The standard InChI is InChI=1S/C17H27N3/c1-13(2)14-9-11-15(12-10-14)17(20-18)19-16-7-5-3-4-6-8-16/h9-13,16H,3-8,18H2,1-2H3,(H,19,20). The Balaban J connectivity index is 2.13. The van der Waals surface area contributed by atoms with Crippen LogP contribution in [0.3, 0.4) is 0 Å². The van der Waals surface area contributed by atoms with Gasteiger partial charge in [0, 0.05) is 5.56 Å². The second kappa shape index (κ2) is 7.44. The maximum absolute atomic E-state index is 5.68. The van der Waals surface area contributed by atoms with Gasteiger partial charge in [0.25, 0.3) is 0 Å². The van der Waals surface area contributed by atoms with E-state index in [0.717, 1.165) is 11.4 Å². The minimum absolute atomic E-state index is 0.424. The summed E-state index contributed by atoms with van der Waals surface area (Å²) in [5.74, 6) is 7.06. The molecular weight excluding hydrogens is 246 g/mol. The highest BCUT2D eigenvalue weighted by atomic mass is 15.3. The van der Waals surface area contributed by atoms with E-state index in [1.165, 1.54) is 44.1 Å². The van der Waals surface area contributed by atoms with Gasteiger partial charge in [0.1, 0.15) is 5.84 Å². The third kappa shape index (κ3) is 4.07. The molecule has 0 aromatic heterocycles. The molecule has 1 aromatic rings. The number of amidine groups is 1. The van der Waals surface area contributed by atoms with Crippen LogP contribution in [0.5, 0.6) is 0 Å². The van der Waals surface area contributed by atoms with E-state index in [9.17, 15) is 0 Å². The number of nitrogens with two attached hydrogens (primary N) is 1. The number of hydrogen-bond acceptors (Lipinski definition) is 2. The molecule has 0 saturated heterocycles. The van der Waals surface area contributed by atoms with Crippen LogP contribution in [-0.4, -0.2) is 11.9 Å². The Kier molecular flexibility index (Phi) is 5.60. The normalized spacial score (nSPS) is 18.1. The largest absolute Gasteiger partial charge is 0.308 e. The molecule has 0 aliphatic heterocycles. The van der Waals surface area contributed by atoms with Crippen molar-refractivity contribution in [3.8, 4) is 0 Å². The van der Waals surface area contributed by atoms with Gasteiger partial charge in [0.2, 0.25) is 0 Å². The van der Waals surface area contributed by atoms with Gasteiger partial charge in [-0.3, -0.25) is 4.99 Å². The number of nitrogens with zero attached hydrogens (tertiary/aromatic N) is 1. The van der Waals surface area contributed by atoms with E-state index < -0.39 is 0 Å². The lowest BCUT2D eigenvalue weighted by Gasteiger charge is -2.13. The third-order valence-corrected chi connectivity index (χ3v) is 4.12. The quantitative estimate of drug-likeness (QED) is 0.290. The highest BCUT2D eigenvalue weighted by Gasteiger charge is 2.12. The summed E-state index contributed by atoms with van der Waals surface area (Å²) in [6.07, 6.45) is 7.65. The summed E-state index contributed by atoms with van der Waals surface area (Å²) in [6.45, 7) is 4.41. The van der Waals surface area contributed by atoms with Crippen molar-refractivity contribution in [1.82, 2.24) is 5.43 Å². The van der Waals surface area contributed by atoms with Crippen LogP contribution in [0.4, 0.5) is 0 Å². The lowest BCUT2D eigenvalue weighted by molar-refractivity contribution is 0.583. The van der Waals surface area contributed by atoms with Crippen molar-refractivity contribution in [1.29, 1.82) is 0 Å². The molecule has 0 radical (unpaired) electrons. The Morgan fingerprint density at radius 2 is 1.70 bits per heavy atom. The van der Waals surface area contributed by atoms with Crippen molar-refractivity contribution >= 4 is 5.84 Å². The number of hydrogen-bond donors (Lipinski definition) is 2. The van der Waals surface area contributed by atoms with Crippen LogP contribution in [-0.2, 0) is 0 Å². The highest BCUT2D eigenvalue weighted by molar-refractivity contribution is 5.98. The SMILES string of the molecule is CC(C)c1ccc(C(=NC2CCCCCC2)NN)cc1. The second-order valence-electron chi connectivity index (χ2n) is 6.04. The van der Waals surface area contributed by atoms with E-state index in [0.29, 0.717) is 12.0 Å². The topological polar surface area (TPSA) is 50.4 Å². The van der Waals surface area contributed by atoms with Crippen LogP contribution in [0.15, 0.2) is 29.3 Å². The van der Waals surface area contributed by atoms with Crippen LogP contribution in [0.2, 0.25) is 0 Å². The van der Waals surface area contributed by atoms with Gasteiger partial charge in [0.15, 0.2) is 0 Å². The smallest absolute Gasteiger partial charge is 0.142 e. The lowest BCUT2D eigenvalue weighted by Crippen LogP contribution is -2.32. The summed E-state index contributed by atoms with van der Waals surface area (Å²) < 4.78 is 0. The van der Waals surface area contributed by atoms with Crippen LogP contribution in [0, 0.1) is 0 Å². The zero-order valence-corrected chi connectivity index (χ0v) is 12.7. The molecule has 20 heavy (non-hydrogen) atoms. The minimum atomic E-state index is 0.424. The Labute approximate surface area is 122 Å². The lowest BCUT2D eigenvalue weighted by atomic mass is 10.0. The molecule has 0 atom stereocenters. The van der Waals surface area contributed by atoms with E-state index in [1.807, 2.05) is 0 Å². The Morgan fingerprint density at radius 3 is 2.20 bits per heavy atom. The molecule has 1 aliphatic carbocycles. The van der Waals surface area contributed by atoms with Gasteiger partial charge in [-0.25, -0.2) is 5.84 Å². The summed E-state index contributed by atoms with van der Waals surface area (Å²) in [6, 6.07) is 8.99. The number of benzene rings is 1. The van der Waals surface area contributed by atoms with Crippen molar-refractivity contribution < 1.29 is 0 Å². The zero-order chi connectivity index (χ0) is 14.4. The van der Waals surface area contributed by atoms with Crippen molar-refractivity contribution in [2.75, 3.05) is 0 Å². The molecule has 0 spiro atoms. The van der Waals surface area contributed by atoms with Crippen molar-refractivity contribution in [3.63, 3.8) is 0 Å². The third-order valence-electron chi connectivity index (χ3n) is 4.12. The van der Waals surface area contributed by atoms with Gasteiger partial charge < -0.3 is 5.43 Å². The molecule has 110 valence electrons. The maximum atomic E-state index is 5.68. The van der Waals surface area contributed by atoms with Crippen molar-refractivity contribution in [2.24, 2.45) is 10.8 Å². The zero-order valence-electron chi connectivity index (χ0n) is 12.7. The first kappa shape index (κ1) is 15.0. The average molecular weight is 273 g/mol. The van der Waals surface area contributed by atoms with Gasteiger partial charge >= 0.3 is 0 Å². The molecule has 0 bridgehead atoms. The average Bonchev–Trinajstić information content (AvgIpc) is 2.73. The minimum Gasteiger partial charge on any atom is -0.308 e. The summed E-state index contributed by atoms with van der Waals surface area (Å²) in [5, 5.41) is 0. The molecule has 1 fully saturated rings. The fraction of sp³-hybridized carbons (Fsp3) is 0.588. The van der Waals surface area contributed by atoms with E-state index in [1.54, 1.807) is 0 Å².